The summed E-state index contributed by atoms with van der Waals surface area (Å²) >= 11 is 0. The van der Waals surface area contributed by atoms with Gasteiger partial charge < -0.3 is 5.32 Å². The highest BCUT2D eigenvalue weighted by atomic mass is 19.1. The molecule has 0 saturated carbocycles. The molecule has 1 rings (SSSR count). The normalized spacial score (nSPS) is 19.2. The van der Waals surface area contributed by atoms with Crippen LogP contribution in [0, 0.1) is 11.8 Å². The van der Waals surface area contributed by atoms with Crippen molar-refractivity contribution in [3.05, 3.63) is 35.2 Å². The van der Waals surface area contributed by atoms with Gasteiger partial charge in [0.05, 0.1) is 6.17 Å². The predicted octanol–water partition coefficient (Wildman–Crippen LogP) is 5.12. The average Bonchev–Trinajstić information content (AvgIpc) is 2.30. The lowest BCUT2D eigenvalue weighted by molar-refractivity contribution is 0.309. The molecule has 0 amide bonds. The van der Waals surface area contributed by atoms with Crippen molar-refractivity contribution in [2.75, 3.05) is 0 Å². The molecule has 1 aliphatic carbocycles. The van der Waals surface area contributed by atoms with Crippen LogP contribution in [0.1, 0.15) is 53.9 Å². The molecule has 2 atom stereocenters. The van der Waals surface area contributed by atoms with Crippen molar-refractivity contribution in [1.29, 1.82) is 0 Å². The summed E-state index contributed by atoms with van der Waals surface area (Å²) in [6.07, 6.45) is 4.25. The van der Waals surface area contributed by atoms with Crippen LogP contribution in [0.2, 0.25) is 0 Å². The van der Waals surface area contributed by atoms with Crippen molar-refractivity contribution >= 4 is 0 Å². The number of hydrogen-bond donors (Lipinski definition) is 1. The van der Waals surface area contributed by atoms with Gasteiger partial charge in [-0.25, -0.2) is 4.39 Å². The van der Waals surface area contributed by atoms with Crippen LogP contribution in [-0.2, 0) is 0 Å². The molecule has 0 spiro atoms. The number of rotatable bonds is 6. The van der Waals surface area contributed by atoms with Gasteiger partial charge >= 0.3 is 0 Å². The minimum atomic E-state index is -0.781. The summed E-state index contributed by atoms with van der Waals surface area (Å²) in [6, 6.07) is 0. The van der Waals surface area contributed by atoms with E-state index < -0.39 is 6.17 Å². The SMILES string of the molecule is C=C(NC1=C(C)CCC(C(C)C)=C1)C(C)CC(C)F. The average molecular weight is 265 g/mol. The van der Waals surface area contributed by atoms with Gasteiger partial charge in [0, 0.05) is 11.4 Å². The summed E-state index contributed by atoms with van der Waals surface area (Å²) in [7, 11) is 0. The summed E-state index contributed by atoms with van der Waals surface area (Å²) in [4.78, 5) is 0. The van der Waals surface area contributed by atoms with Crippen LogP contribution < -0.4 is 5.32 Å². The highest BCUT2D eigenvalue weighted by molar-refractivity contribution is 5.34. The topological polar surface area (TPSA) is 12.0 Å². The Bertz CT molecular complexity index is 388. The first-order chi connectivity index (χ1) is 8.81. The molecule has 0 bridgehead atoms. The molecule has 1 aliphatic rings. The smallest absolute Gasteiger partial charge is 0.0979 e. The molecule has 1 nitrogen and oxygen atoms in total. The molecule has 19 heavy (non-hydrogen) atoms. The molecule has 0 aliphatic heterocycles. The van der Waals surface area contributed by atoms with Crippen LogP contribution in [0.4, 0.5) is 4.39 Å². The van der Waals surface area contributed by atoms with E-state index in [1.807, 2.05) is 6.92 Å². The maximum Gasteiger partial charge on any atom is 0.0979 e. The highest BCUT2D eigenvalue weighted by Crippen LogP contribution is 2.28. The summed E-state index contributed by atoms with van der Waals surface area (Å²) in [5.41, 5.74) is 4.93. The fraction of sp³-hybridized carbons (Fsp3) is 0.647. The molecular formula is C17H28FN. The van der Waals surface area contributed by atoms with E-state index in [4.69, 9.17) is 0 Å². The van der Waals surface area contributed by atoms with Crippen molar-refractivity contribution in [3.8, 4) is 0 Å². The molecular weight excluding hydrogens is 237 g/mol. The van der Waals surface area contributed by atoms with Gasteiger partial charge in [-0.3, -0.25) is 0 Å². The minimum absolute atomic E-state index is 0.151. The van der Waals surface area contributed by atoms with E-state index >= 15 is 0 Å². The standard InChI is InChI=1S/C17H28FN/c1-11(2)16-8-7-12(3)17(10-16)19-15(6)13(4)9-14(5)18/h10-11,13-14,19H,6-9H2,1-5H3. The Morgan fingerprint density at radius 1 is 1.32 bits per heavy atom. The first-order valence-corrected chi connectivity index (χ1v) is 7.31. The second-order valence-electron chi connectivity index (χ2n) is 6.14. The zero-order valence-electron chi connectivity index (χ0n) is 13.0. The van der Waals surface area contributed by atoms with Gasteiger partial charge in [0.25, 0.3) is 0 Å². The first-order valence-electron chi connectivity index (χ1n) is 7.31. The van der Waals surface area contributed by atoms with Gasteiger partial charge in [-0.15, -0.1) is 0 Å². The quantitative estimate of drug-likeness (QED) is 0.702. The van der Waals surface area contributed by atoms with Crippen molar-refractivity contribution in [1.82, 2.24) is 5.32 Å². The van der Waals surface area contributed by atoms with Crippen LogP contribution in [-0.4, -0.2) is 6.17 Å². The van der Waals surface area contributed by atoms with Gasteiger partial charge in [-0.2, -0.15) is 0 Å². The van der Waals surface area contributed by atoms with Crippen LogP contribution in [0.15, 0.2) is 35.2 Å². The number of halogens is 1. The lowest BCUT2D eigenvalue weighted by Gasteiger charge is -2.24. The van der Waals surface area contributed by atoms with Crippen molar-refractivity contribution in [2.24, 2.45) is 11.8 Å². The van der Waals surface area contributed by atoms with E-state index in [1.54, 1.807) is 6.92 Å². The largest absolute Gasteiger partial charge is 0.359 e. The van der Waals surface area contributed by atoms with Crippen LogP contribution in [0.25, 0.3) is 0 Å². The van der Waals surface area contributed by atoms with Crippen molar-refractivity contribution < 1.29 is 4.39 Å². The number of allylic oxidation sites excluding steroid dienone is 4. The molecule has 0 aromatic heterocycles. The molecule has 0 aromatic rings. The molecule has 0 radical (unpaired) electrons. The summed E-state index contributed by atoms with van der Waals surface area (Å²) in [5.74, 6) is 0.736. The van der Waals surface area contributed by atoms with E-state index in [-0.39, 0.29) is 5.92 Å². The third-order valence-corrected chi connectivity index (χ3v) is 3.89. The second kappa shape index (κ2) is 6.93. The molecule has 0 aromatic carbocycles. The Kier molecular flexibility index (Phi) is 5.84. The minimum Gasteiger partial charge on any atom is -0.359 e. The van der Waals surface area contributed by atoms with Crippen LogP contribution in [0.5, 0.6) is 0 Å². The maximum atomic E-state index is 13.0. The Morgan fingerprint density at radius 3 is 2.47 bits per heavy atom. The van der Waals surface area contributed by atoms with Crippen LogP contribution in [0.3, 0.4) is 0 Å². The zero-order chi connectivity index (χ0) is 14.6. The van der Waals surface area contributed by atoms with Crippen LogP contribution >= 0.6 is 0 Å². The number of alkyl halides is 1. The van der Waals surface area contributed by atoms with Gasteiger partial charge in [0.1, 0.15) is 0 Å². The van der Waals surface area contributed by atoms with Crippen molar-refractivity contribution in [2.45, 2.75) is 60.1 Å². The third-order valence-electron chi connectivity index (χ3n) is 3.89. The van der Waals surface area contributed by atoms with E-state index in [2.05, 4.69) is 38.7 Å². The number of hydrogen-bond acceptors (Lipinski definition) is 1. The fourth-order valence-electron chi connectivity index (χ4n) is 2.37. The van der Waals surface area contributed by atoms with Gasteiger partial charge in [0.15, 0.2) is 0 Å². The highest BCUT2D eigenvalue weighted by Gasteiger charge is 2.16. The lowest BCUT2D eigenvalue weighted by Crippen LogP contribution is -2.21. The van der Waals surface area contributed by atoms with Gasteiger partial charge in [-0.1, -0.05) is 32.9 Å². The van der Waals surface area contributed by atoms with E-state index in [0.29, 0.717) is 12.3 Å². The van der Waals surface area contributed by atoms with E-state index in [9.17, 15) is 4.39 Å². The molecule has 0 fully saturated rings. The Labute approximate surface area is 117 Å². The summed E-state index contributed by atoms with van der Waals surface area (Å²) < 4.78 is 13.0. The molecule has 2 unspecified atom stereocenters. The summed E-state index contributed by atoms with van der Waals surface area (Å²) in [6.45, 7) is 14.3. The summed E-state index contributed by atoms with van der Waals surface area (Å²) in [5, 5.41) is 3.40. The molecule has 108 valence electrons. The molecule has 2 heteroatoms. The van der Waals surface area contributed by atoms with E-state index in [1.165, 1.54) is 16.8 Å². The number of nitrogens with one attached hydrogen (secondary N) is 1. The molecule has 0 saturated heterocycles. The third kappa shape index (κ3) is 4.85. The first kappa shape index (κ1) is 16.0. The molecule has 0 heterocycles. The van der Waals surface area contributed by atoms with Gasteiger partial charge in [-0.05, 0) is 56.6 Å². The van der Waals surface area contributed by atoms with Gasteiger partial charge in [0.2, 0.25) is 0 Å². The maximum absolute atomic E-state index is 13.0. The Balaban J connectivity index is 2.72. The fourth-order valence-corrected chi connectivity index (χ4v) is 2.37. The van der Waals surface area contributed by atoms with Crippen molar-refractivity contribution in [3.63, 3.8) is 0 Å². The lowest BCUT2D eigenvalue weighted by atomic mass is 9.89. The monoisotopic (exact) mass is 265 g/mol. The predicted molar refractivity (Wildman–Crippen MR) is 81.5 cm³/mol. The Hall–Kier alpha value is -1.05. The second-order valence-corrected chi connectivity index (χ2v) is 6.14. The molecule has 1 N–H and O–H groups in total. The Morgan fingerprint density at radius 2 is 1.95 bits per heavy atom. The van der Waals surface area contributed by atoms with E-state index in [0.717, 1.165) is 18.5 Å². The zero-order valence-corrected chi connectivity index (χ0v) is 13.0.